The first kappa shape index (κ1) is 19.2. The molecule has 1 saturated heterocycles. The van der Waals surface area contributed by atoms with Crippen molar-refractivity contribution >= 4 is 15.7 Å². The lowest BCUT2D eigenvalue weighted by Gasteiger charge is -2.31. The Balaban J connectivity index is 1.73. The van der Waals surface area contributed by atoms with Crippen molar-refractivity contribution in [2.75, 3.05) is 27.3 Å². The summed E-state index contributed by atoms with van der Waals surface area (Å²) in [5.41, 5.74) is 0.424. The predicted octanol–water partition coefficient (Wildman–Crippen LogP) is 0.911. The van der Waals surface area contributed by atoms with E-state index in [0.717, 1.165) is 0 Å². The Hall–Kier alpha value is -2.62. The number of amides is 1. The van der Waals surface area contributed by atoms with E-state index in [1.54, 1.807) is 37.3 Å². The van der Waals surface area contributed by atoms with Crippen molar-refractivity contribution in [3.05, 3.63) is 30.1 Å². The molecule has 3 rings (SSSR count). The van der Waals surface area contributed by atoms with Gasteiger partial charge in [0.25, 0.3) is 5.91 Å². The summed E-state index contributed by atoms with van der Waals surface area (Å²) in [6, 6.07) is 5.00. The standard InChI is InChI=1S/C17H22N4O5S/c1-20-11-18-19-17(20)27(23,24)13-6-8-21(9-7-13)16(22)14-5-4-12(25-2)10-15(14)26-3/h4-5,10-11,13H,6-9H2,1-3H3. The Morgan fingerprint density at radius 1 is 1.19 bits per heavy atom. The number of carbonyl (C=O) groups is 1. The van der Waals surface area contributed by atoms with E-state index in [0.29, 0.717) is 43.0 Å². The van der Waals surface area contributed by atoms with Crippen molar-refractivity contribution in [1.82, 2.24) is 19.7 Å². The maximum Gasteiger partial charge on any atom is 0.257 e. The molecule has 10 heteroatoms. The second kappa shape index (κ2) is 7.55. The van der Waals surface area contributed by atoms with Gasteiger partial charge in [0.2, 0.25) is 15.0 Å². The van der Waals surface area contributed by atoms with Gasteiger partial charge in [0.1, 0.15) is 17.8 Å². The van der Waals surface area contributed by atoms with E-state index in [-0.39, 0.29) is 11.1 Å². The van der Waals surface area contributed by atoms with Gasteiger partial charge < -0.3 is 18.9 Å². The second-order valence-corrected chi connectivity index (χ2v) is 8.45. The Kier molecular flexibility index (Phi) is 5.36. The quantitative estimate of drug-likeness (QED) is 0.742. The normalized spacial score (nSPS) is 15.6. The van der Waals surface area contributed by atoms with Gasteiger partial charge in [-0.05, 0) is 25.0 Å². The molecular weight excluding hydrogens is 372 g/mol. The van der Waals surface area contributed by atoms with Crippen molar-refractivity contribution in [3.63, 3.8) is 0 Å². The van der Waals surface area contributed by atoms with E-state index in [4.69, 9.17) is 9.47 Å². The molecule has 1 aliphatic heterocycles. The van der Waals surface area contributed by atoms with Gasteiger partial charge in [0.15, 0.2) is 0 Å². The maximum atomic E-state index is 12.8. The summed E-state index contributed by atoms with van der Waals surface area (Å²) in [4.78, 5) is 14.5. The van der Waals surface area contributed by atoms with Crippen molar-refractivity contribution in [1.29, 1.82) is 0 Å². The molecule has 1 amide bonds. The van der Waals surface area contributed by atoms with Crippen LogP contribution in [-0.2, 0) is 16.9 Å². The van der Waals surface area contributed by atoms with Crippen molar-refractivity contribution in [2.45, 2.75) is 23.2 Å². The van der Waals surface area contributed by atoms with Gasteiger partial charge in [-0.2, -0.15) is 0 Å². The Morgan fingerprint density at radius 3 is 2.44 bits per heavy atom. The number of hydrogen-bond donors (Lipinski definition) is 0. The fraction of sp³-hybridized carbons (Fsp3) is 0.471. The van der Waals surface area contributed by atoms with Crippen LogP contribution in [0.2, 0.25) is 0 Å². The predicted molar refractivity (Wildman–Crippen MR) is 96.7 cm³/mol. The first-order valence-corrected chi connectivity index (χ1v) is 10.0. The van der Waals surface area contributed by atoms with E-state index in [2.05, 4.69) is 10.2 Å². The van der Waals surface area contributed by atoms with Crippen LogP contribution in [0.25, 0.3) is 0 Å². The molecule has 1 aromatic heterocycles. The summed E-state index contributed by atoms with van der Waals surface area (Å²) >= 11 is 0. The van der Waals surface area contributed by atoms with Gasteiger partial charge in [-0.3, -0.25) is 4.79 Å². The first-order valence-electron chi connectivity index (χ1n) is 8.47. The summed E-state index contributed by atoms with van der Waals surface area (Å²) in [6.07, 6.45) is 2.06. The molecule has 0 bridgehead atoms. The fourth-order valence-corrected chi connectivity index (χ4v) is 4.93. The third-order valence-corrected chi connectivity index (χ3v) is 6.96. The number of sulfone groups is 1. The van der Waals surface area contributed by atoms with E-state index in [1.807, 2.05) is 0 Å². The number of aryl methyl sites for hydroxylation is 1. The minimum absolute atomic E-state index is 0.0379. The highest BCUT2D eigenvalue weighted by Gasteiger charge is 2.36. The van der Waals surface area contributed by atoms with Crippen LogP contribution in [0, 0.1) is 0 Å². The highest BCUT2D eigenvalue weighted by atomic mass is 32.2. The number of ether oxygens (including phenoxy) is 2. The zero-order valence-electron chi connectivity index (χ0n) is 15.5. The summed E-state index contributed by atoms with van der Waals surface area (Å²) in [7, 11) is 1.06. The average Bonchev–Trinajstić information content (AvgIpc) is 3.13. The lowest BCUT2D eigenvalue weighted by molar-refractivity contribution is 0.0722. The van der Waals surface area contributed by atoms with Gasteiger partial charge in [-0.1, -0.05) is 0 Å². The van der Waals surface area contributed by atoms with E-state index >= 15 is 0 Å². The Labute approximate surface area is 157 Å². The molecule has 0 unspecified atom stereocenters. The van der Waals surface area contributed by atoms with Crippen LogP contribution in [0.15, 0.2) is 29.7 Å². The molecule has 27 heavy (non-hydrogen) atoms. The lowest BCUT2D eigenvalue weighted by Crippen LogP contribution is -2.43. The maximum absolute atomic E-state index is 12.8. The monoisotopic (exact) mass is 394 g/mol. The minimum Gasteiger partial charge on any atom is -0.497 e. The van der Waals surface area contributed by atoms with Gasteiger partial charge in [-0.25, -0.2) is 8.42 Å². The van der Waals surface area contributed by atoms with Crippen LogP contribution in [0.4, 0.5) is 0 Å². The molecule has 1 fully saturated rings. The van der Waals surface area contributed by atoms with E-state index in [1.165, 1.54) is 18.0 Å². The van der Waals surface area contributed by atoms with Gasteiger partial charge in [0.05, 0.1) is 25.0 Å². The highest BCUT2D eigenvalue weighted by Crippen LogP contribution is 2.28. The van der Waals surface area contributed by atoms with Crippen LogP contribution < -0.4 is 9.47 Å². The van der Waals surface area contributed by atoms with Crippen molar-refractivity contribution in [2.24, 2.45) is 7.05 Å². The molecule has 146 valence electrons. The molecule has 2 aromatic rings. The minimum atomic E-state index is -3.57. The fourth-order valence-electron chi connectivity index (χ4n) is 3.19. The Morgan fingerprint density at radius 2 is 1.89 bits per heavy atom. The van der Waals surface area contributed by atoms with Crippen LogP contribution >= 0.6 is 0 Å². The number of methoxy groups -OCH3 is 2. The summed E-state index contributed by atoms with van der Waals surface area (Å²) in [5.74, 6) is 0.828. The zero-order chi connectivity index (χ0) is 19.6. The number of likely N-dealkylation sites (tertiary alicyclic amines) is 1. The van der Waals surface area contributed by atoms with Crippen molar-refractivity contribution < 1.29 is 22.7 Å². The Bertz CT molecular complexity index is 933. The number of aromatic nitrogens is 3. The molecule has 2 heterocycles. The smallest absolute Gasteiger partial charge is 0.257 e. The third kappa shape index (κ3) is 3.61. The molecule has 0 saturated carbocycles. The SMILES string of the molecule is COc1ccc(C(=O)N2CCC(S(=O)(=O)c3nncn3C)CC2)c(OC)c1. The largest absolute Gasteiger partial charge is 0.497 e. The van der Waals surface area contributed by atoms with Crippen LogP contribution in [0.3, 0.4) is 0 Å². The van der Waals surface area contributed by atoms with Crippen LogP contribution in [-0.4, -0.2) is 66.5 Å². The van der Waals surface area contributed by atoms with Gasteiger partial charge >= 0.3 is 0 Å². The van der Waals surface area contributed by atoms with E-state index < -0.39 is 15.1 Å². The van der Waals surface area contributed by atoms with Gasteiger partial charge in [0, 0.05) is 26.2 Å². The number of nitrogens with zero attached hydrogens (tertiary/aromatic N) is 4. The zero-order valence-corrected chi connectivity index (χ0v) is 16.3. The van der Waals surface area contributed by atoms with Crippen LogP contribution in [0.1, 0.15) is 23.2 Å². The first-order chi connectivity index (χ1) is 12.9. The molecule has 0 radical (unpaired) electrons. The molecule has 0 N–H and O–H groups in total. The summed E-state index contributed by atoms with van der Waals surface area (Å²) in [6.45, 7) is 0.686. The molecule has 1 aliphatic rings. The average molecular weight is 394 g/mol. The molecule has 0 spiro atoms. The number of benzene rings is 1. The van der Waals surface area contributed by atoms with Crippen molar-refractivity contribution in [3.8, 4) is 11.5 Å². The van der Waals surface area contributed by atoms with Crippen LogP contribution in [0.5, 0.6) is 11.5 Å². The van der Waals surface area contributed by atoms with Gasteiger partial charge in [-0.15, -0.1) is 10.2 Å². The number of rotatable bonds is 5. The third-order valence-electron chi connectivity index (χ3n) is 4.73. The topological polar surface area (TPSA) is 104 Å². The molecule has 0 aliphatic carbocycles. The molecular formula is C17H22N4O5S. The lowest BCUT2D eigenvalue weighted by atomic mass is 10.1. The number of hydrogen-bond acceptors (Lipinski definition) is 7. The molecule has 1 aromatic carbocycles. The molecule has 0 atom stereocenters. The number of carbonyl (C=O) groups excluding carboxylic acids is 1. The molecule has 9 nitrogen and oxygen atoms in total. The highest BCUT2D eigenvalue weighted by molar-refractivity contribution is 7.91. The summed E-state index contributed by atoms with van der Waals surface area (Å²) in [5, 5.41) is 6.74. The number of piperidine rings is 1. The second-order valence-electron chi connectivity index (χ2n) is 6.33. The van der Waals surface area contributed by atoms with E-state index in [9.17, 15) is 13.2 Å². The summed E-state index contributed by atoms with van der Waals surface area (Å²) < 4.78 is 37.3.